The van der Waals surface area contributed by atoms with Crippen molar-refractivity contribution in [3.8, 4) is 0 Å². The number of H-pyrrole nitrogens is 1. The summed E-state index contributed by atoms with van der Waals surface area (Å²) in [5.74, 6) is -1.04. The Morgan fingerprint density at radius 3 is 2.80 bits per heavy atom. The fraction of sp³-hybridized carbons (Fsp3) is 0.500. The number of carboxylic acids is 1. The lowest BCUT2D eigenvalue weighted by Crippen LogP contribution is -2.56. The number of fused-ring (bicyclic) bond motifs is 5. The fourth-order valence-corrected chi connectivity index (χ4v) is 5.02. The number of rotatable bonds is 2. The van der Waals surface area contributed by atoms with E-state index in [-0.39, 0.29) is 23.7 Å². The molecule has 1 aliphatic heterocycles. The van der Waals surface area contributed by atoms with Crippen LogP contribution in [0.3, 0.4) is 0 Å². The van der Waals surface area contributed by atoms with Gasteiger partial charge in [0.25, 0.3) is 0 Å². The summed E-state index contributed by atoms with van der Waals surface area (Å²) in [7, 11) is 2.03. The van der Waals surface area contributed by atoms with Crippen molar-refractivity contribution in [3.05, 3.63) is 35.5 Å². The van der Waals surface area contributed by atoms with E-state index in [1.165, 1.54) is 0 Å². The highest BCUT2D eigenvalue weighted by Crippen LogP contribution is 2.42. The zero-order chi connectivity index (χ0) is 17.7. The summed E-state index contributed by atoms with van der Waals surface area (Å²) in [4.78, 5) is 30.6. The maximum atomic E-state index is 13.0. The summed E-state index contributed by atoms with van der Waals surface area (Å²) in [5.41, 5.74) is 2.63. The van der Waals surface area contributed by atoms with Gasteiger partial charge in [0.15, 0.2) is 5.78 Å². The van der Waals surface area contributed by atoms with Gasteiger partial charge in [0.2, 0.25) is 0 Å². The third-order valence-corrected chi connectivity index (χ3v) is 6.31. The molecule has 2 N–H and O–H groups in total. The molecule has 5 nitrogen and oxygen atoms in total. The number of carboxylic acid groups (broad SMARTS) is 1. The second kappa shape index (κ2) is 5.99. The lowest BCUT2D eigenvalue weighted by molar-refractivity contribution is -0.151. The van der Waals surface area contributed by atoms with Crippen LogP contribution >= 0.6 is 0 Å². The van der Waals surface area contributed by atoms with Crippen LogP contribution < -0.4 is 0 Å². The van der Waals surface area contributed by atoms with Crippen molar-refractivity contribution in [2.45, 2.75) is 32.2 Å². The minimum atomic E-state index is -0.768. The van der Waals surface area contributed by atoms with Crippen LogP contribution in [0.5, 0.6) is 0 Å². The lowest BCUT2D eigenvalue weighted by Gasteiger charge is -2.47. The minimum Gasteiger partial charge on any atom is -0.481 e. The summed E-state index contributed by atoms with van der Waals surface area (Å²) in [6.07, 6.45) is 1.82. The molecule has 1 saturated heterocycles. The molecule has 4 rings (SSSR count). The molecule has 0 radical (unpaired) electrons. The van der Waals surface area contributed by atoms with Gasteiger partial charge in [-0.15, -0.1) is 0 Å². The first-order valence-electron chi connectivity index (χ1n) is 9.07. The van der Waals surface area contributed by atoms with Gasteiger partial charge in [-0.1, -0.05) is 31.5 Å². The van der Waals surface area contributed by atoms with Crippen LogP contribution in [-0.4, -0.2) is 46.4 Å². The van der Waals surface area contributed by atoms with E-state index < -0.39 is 11.9 Å². The third kappa shape index (κ3) is 2.49. The molecular formula is C20H24N2O3. The van der Waals surface area contributed by atoms with Crippen LogP contribution in [0.25, 0.3) is 10.9 Å². The van der Waals surface area contributed by atoms with Crippen LogP contribution in [0, 0.1) is 17.8 Å². The highest BCUT2D eigenvalue weighted by Gasteiger charge is 2.48. The standard InChI is InChI=1S/C20H24N2O3/c1-3-11-10-22(2)16-8-14-12-6-4-5-7-15(12)21-19(14)17(23)9-13(11)18(16)20(24)25/h4-7,11,13,16,18,21H,3,8-10H2,1-2H3,(H,24,25)/t11-,13-,16-,18-/m0/s1. The second-order valence-corrected chi connectivity index (χ2v) is 7.56. The first kappa shape index (κ1) is 16.3. The molecule has 1 aliphatic carbocycles. The van der Waals surface area contributed by atoms with Crippen molar-refractivity contribution in [1.82, 2.24) is 9.88 Å². The highest BCUT2D eigenvalue weighted by molar-refractivity contribution is 6.03. The van der Waals surface area contributed by atoms with E-state index in [1.807, 2.05) is 31.3 Å². The molecule has 5 heteroatoms. The molecule has 0 spiro atoms. The van der Waals surface area contributed by atoms with E-state index in [1.54, 1.807) is 0 Å². The van der Waals surface area contributed by atoms with Gasteiger partial charge >= 0.3 is 5.97 Å². The largest absolute Gasteiger partial charge is 0.481 e. The molecule has 1 aromatic carbocycles. The Hall–Kier alpha value is -2.14. The Bertz CT molecular complexity index is 841. The SMILES string of the molecule is CC[C@H]1CN(C)[C@H]2Cc3c([nH]c4ccccc34)C(=O)C[C@@H]1[C@@H]2C(=O)O. The number of carbonyl (C=O) groups excluding carboxylic acids is 1. The highest BCUT2D eigenvalue weighted by atomic mass is 16.4. The van der Waals surface area contributed by atoms with Crippen molar-refractivity contribution in [2.75, 3.05) is 13.6 Å². The number of piperidine rings is 1. The zero-order valence-corrected chi connectivity index (χ0v) is 14.7. The van der Waals surface area contributed by atoms with Crippen molar-refractivity contribution in [2.24, 2.45) is 17.8 Å². The summed E-state index contributed by atoms with van der Waals surface area (Å²) in [6, 6.07) is 7.84. The van der Waals surface area contributed by atoms with Crippen LogP contribution in [0.1, 0.15) is 35.8 Å². The van der Waals surface area contributed by atoms with Gasteiger partial charge in [-0.2, -0.15) is 0 Å². The molecule has 0 unspecified atom stereocenters. The van der Waals surface area contributed by atoms with Crippen LogP contribution in [-0.2, 0) is 11.2 Å². The average molecular weight is 340 g/mol. The normalized spacial score (nSPS) is 29.9. The Labute approximate surface area is 147 Å². The first-order valence-corrected chi connectivity index (χ1v) is 9.07. The number of Topliss-reactive ketones (excluding diaryl/α,β-unsaturated/α-hetero) is 1. The predicted octanol–water partition coefficient (Wildman–Crippen LogP) is 2.95. The van der Waals surface area contributed by atoms with Crippen molar-refractivity contribution in [3.63, 3.8) is 0 Å². The van der Waals surface area contributed by atoms with E-state index >= 15 is 0 Å². The number of nitrogens with zero attached hydrogens (tertiary/aromatic N) is 1. The van der Waals surface area contributed by atoms with Crippen molar-refractivity contribution >= 4 is 22.7 Å². The quantitative estimate of drug-likeness (QED) is 0.881. The van der Waals surface area contributed by atoms with Gasteiger partial charge in [-0.25, -0.2) is 0 Å². The maximum Gasteiger partial charge on any atom is 0.308 e. The molecule has 2 aliphatic rings. The molecule has 25 heavy (non-hydrogen) atoms. The Kier molecular flexibility index (Phi) is 3.91. The summed E-state index contributed by atoms with van der Waals surface area (Å²) >= 11 is 0. The Morgan fingerprint density at radius 1 is 1.32 bits per heavy atom. The van der Waals surface area contributed by atoms with Crippen molar-refractivity contribution in [1.29, 1.82) is 0 Å². The van der Waals surface area contributed by atoms with E-state index in [0.29, 0.717) is 18.5 Å². The maximum absolute atomic E-state index is 13.0. The number of nitrogens with one attached hydrogen (secondary N) is 1. The number of carbonyl (C=O) groups is 2. The predicted molar refractivity (Wildman–Crippen MR) is 95.8 cm³/mol. The van der Waals surface area contributed by atoms with Gasteiger partial charge in [0, 0.05) is 29.9 Å². The molecule has 132 valence electrons. The molecule has 4 atom stereocenters. The summed E-state index contributed by atoms with van der Waals surface area (Å²) < 4.78 is 0. The molecule has 2 aromatic rings. The topological polar surface area (TPSA) is 73.4 Å². The number of aromatic amines is 1. The van der Waals surface area contributed by atoms with Crippen LogP contribution in [0.15, 0.2) is 24.3 Å². The molecular weight excluding hydrogens is 316 g/mol. The number of para-hydroxylation sites is 1. The monoisotopic (exact) mass is 340 g/mol. The molecule has 0 saturated carbocycles. The van der Waals surface area contributed by atoms with Crippen molar-refractivity contribution < 1.29 is 14.7 Å². The third-order valence-electron chi connectivity index (χ3n) is 6.31. The first-order chi connectivity index (χ1) is 12.0. The number of aromatic nitrogens is 1. The van der Waals surface area contributed by atoms with E-state index in [4.69, 9.17) is 0 Å². The molecule has 2 heterocycles. The average Bonchev–Trinajstić information content (AvgIpc) is 2.94. The van der Waals surface area contributed by atoms with E-state index in [2.05, 4.69) is 16.8 Å². The fourth-order valence-electron chi connectivity index (χ4n) is 5.02. The summed E-state index contributed by atoms with van der Waals surface area (Å²) in [6.45, 7) is 2.95. The molecule has 1 fully saturated rings. The van der Waals surface area contributed by atoms with E-state index in [0.717, 1.165) is 29.4 Å². The van der Waals surface area contributed by atoms with E-state index in [9.17, 15) is 14.7 Å². The minimum absolute atomic E-state index is 0.0592. The number of aliphatic carboxylic acids is 1. The van der Waals surface area contributed by atoms with Gasteiger partial charge in [-0.3, -0.25) is 9.59 Å². The molecule has 2 bridgehead atoms. The molecule has 0 amide bonds. The molecule has 1 aromatic heterocycles. The Balaban J connectivity index is 1.89. The van der Waals surface area contributed by atoms with Gasteiger partial charge in [0.1, 0.15) is 0 Å². The smallest absolute Gasteiger partial charge is 0.308 e. The Morgan fingerprint density at radius 2 is 2.08 bits per heavy atom. The van der Waals surface area contributed by atoms with Crippen LogP contribution in [0.4, 0.5) is 0 Å². The number of hydrogen-bond acceptors (Lipinski definition) is 3. The number of benzene rings is 1. The summed E-state index contributed by atoms with van der Waals surface area (Å²) in [5, 5.41) is 11.0. The number of hydrogen-bond donors (Lipinski definition) is 2. The van der Waals surface area contributed by atoms with Gasteiger partial charge in [-0.05, 0) is 36.9 Å². The zero-order valence-electron chi connectivity index (χ0n) is 14.7. The van der Waals surface area contributed by atoms with Gasteiger partial charge in [0.05, 0.1) is 11.6 Å². The number of ketones is 1. The second-order valence-electron chi connectivity index (χ2n) is 7.56. The van der Waals surface area contributed by atoms with Gasteiger partial charge < -0.3 is 15.0 Å². The number of likely N-dealkylation sites (N-methyl/N-ethyl adjacent to an activating group) is 1. The number of likely N-dealkylation sites (tertiary alicyclic amines) is 1. The van der Waals surface area contributed by atoms with Crippen LogP contribution in [0.2, 0.25) is 0 Å². The lowest BCUT2D eigenvalue weighted by atomic mass is 9.67.